The van der Waals surface area contributed by atoms with Gasteiger partial charge < -0.3 is 11.1 Å². The third kappa shape index (κ3) is 3.25. The number of hydrogen-bond donors (Lipinski definition) is 2. The van der Waals surface area contributed by atoms with E-state index in [2.05, 4.69) is 5.32 Å². The summed E-state index contributed by atoms with van der Waals surface area (Å²) >= 11 is 17.2. The highest BCUT2D eigenvalue weighted by Gasteiger charge is 2.38. The molecule has 1 aromatic rings. The molecule has 0 saturated carbocycles. The molecule has 0 aliphatic carbocycles. The number of amides is 1. The van der Waals surface area contributed by atoms with Gasteiger partial charge in [-0.3, -0.25) is 4.79 Å². The second-order valence-electron chi connectivity index (χ2n) is 4.69. The van der Waals surface area contributed by atoms with E-state index < -0.39 is 5.41 Å². The third-order valence-electron chi connectivity index (χ3n) is 3.61. The van der Waals surface area contributed by atoms with E-state index in [1.165, 1.54) is 0 Å². The van der Waals surface area contributed by atoms with E-state index in [1.807, 2.05) is 20.8 Å². The highest BCUT2D eigenvalue weighted by molar-refractivity contribution is 7.80. The molecule has 0 unspecified atom stereocenters. The number of nitrogens with two attached hydrogens (primary N) is 1. The molecule has 0 atom stereocenters. The fraction of sp³-hybridized carbons (Fsp3) is 0.429. The zero-order chi connectivity index (χ0) is 15.5. The summed E-state index contributed by atoms with van der Waals surface area (Å²) in [5.74, 6) is -0.253. The monoisotopic (exact) mass is 332 g/mol. The van der Waals surface area contributed by atoms with Gasteiger partial charge in [0.1, 0.15) is 0 Å². The summed E-state index contributed by atoms with van der Waals surface area (Å²) in [4.78, 5) is 12.7. The molecule has 0 radical (unpaired) electrons. The lowest BCUT2D eigenvalue weighted by Crippen LogP contribution is -2.45. The van der Waals surface area contributed by atoms with Crippen molar-refractivity contribution in [3.05, 3.63) is 27.7 Å². The van der Waals surface area contributed by atoms with Crippen LogP contribution in [0.2, 0.25) is 10.0 Å². The Labute approximate surface area is 134 Å². The smallest absolute Gasteiger partial charge is 0.237 e. The van der Waals surface area contributed by atoms with Gasteiger partial charge in [0, 0.05) is 5.02 Å². The van der Waals surface area contributed by atoms with E-state index in [1.54, 1.807) is 12.1 Å². The number of rotatable bonds is 5. The maximum absolute atomic E-state index is 12.5. The Morgan fingerprint density at radius 1 is 1.30 bits per heavy atom. The molecule has 0 aliphatic heterocycles. The first-order valence-electron chi connectivity index (χ1n) is 6.35. The van der Waals surface area contributed by atoms with Gasteiger partial charge in [0.15, 0.2) is 0 Å². The zero-order valence-corrected chi connectivity index (χ0v) is 14.0. The molecule has 1 amide bonds. The van der Waals surface area contributed by atoms with Gasteiger partial charge in [0.05, 0.1) is 21.1 Å². The minimum atomic E-state index is -0.865. The first-order valence-corrected chi connectivity index (χ1v) is 7.52. The van der Waals surface area contributed by atoms with Crippen molar-refractivity contribution in [2.24, 2.45) is 11.1 Å². The van der Waals surface area contributed by atoms with Gasteiger partial charge >= 0.3 is 0 Å². The van der Waals surface area contributed by atoms with Crippen molar-refractivity contribution in [1.82, 2.24) is 0 Å². The maximum Gasteiger partial charge on any atom is 0.237 e. The van der Waals surface area contributed by atoms with Crippen LogP contribution in [0.15, 0.2) is 12.1 Å². The molecule has 0 aromatic heterocycles. The zero-order valence-electron chi connectivity index (χ0n) is 11.7. The molecule has 3 N–H and O–H groups in total. The maximum atomic E-state index is 12.5. The number of hydrogen-bond acceptors (Lipinski definition) is 2. The second kappa shape index (κ2) is 6.74. The van der Waals surface area contributed by atoms with Crippen LogP contribution in [0.1, 0.15) is 32.3 Å². The molecule has 0 aliphatic rings. The summed E-state index contributed by atoms with van der Waals surface area (Å²) in [5.41, 5.74) is 6.20. The van der Waals surface area contributed by atoms with Gasteiger partial charge in [-0.15, -0.1) is 0 Å². The Balaban J connectivity index is 3.12. The van der Waals surface area contributed by atoms with Gasteiger partial charge in [-0.25, -0.2) is 0 Å². The van der Waals surface area contributed by atoms with Crippen molar-refractivity contribution < 1.29 is 4.79 Å². The number of anilines is 1. The van der Waals surface area contributed by atoms with Crippen molar-refractivity contribution in [2.45, 2.75) is 33.6 Å². The number of thiocarbonyl (C=S) groups is 1. The Morgan fingerprint density at radius 3 is 2.30 bits per heavy atom. The van der Waals surface area contributed by atoms with Crippen LogP contribution in [0, 0.1) is 12.3 Å². The SMILES string of the molecule is CCC(CC)(C(=O)Nc1cc(Cl)c(C)cc1Cl)C(N)=S. The minimum absolute atomic E-state index is 0.189. The van der Waals surface area contributed by atoms with E-state index in [0.29, 0.717) is 28.6 Å². The summed E-state index contributed by atoms with van der Waals surface area (Å²) in [6, 6.07) is 3.34. The van der Waals surface area contributed by atoms with Crippen LogP contribution in [-0.2, 0) is 4.79 Å². The highest BCUT2D eigenvalue weighted by atomic mass is 35.5. The lowest BCUT2D eigenvalue weighted by molar-refractivity contribution is -0.122. The lowest BCUT2D eigenvalue weighted by Gasteiger charge is -2.29. The van der Waals surface area contributed by atoms with Crippen molar-refractivity contribution in [3.8, 4) is 0 Å². The summed E-state index contributed by atoms with van der Waals surface area (Å²) in [5, 5.41) is 3.75. The van der Waals surface area contributed by atoms with Gasteiger partial charge in [-0.2, -0.15) is 0 Å². The number of carbonyl (C=O) groups is 1. The molecular formula is C14H18Cl2N2OS. The third-order valence-corrected chi connectivity index (χ3v) is 4.72. The first-order chi connectivity index (χ1) is 9.28. The number of aryl methyl sites for hydroxylation is 1. The molecule has 0 bridgehead atoms. The van der Waals surface area contributed by atoms with Crippen LogP contribution in [0.3, 0.4) is 0 Å². The topological polar surface area (TPSA) is 55.1 Å². The first kappa shape index (κ1) is 17.2. The van der Waals surface area contributed by atoms with Crippen LogP contribution in [0.5, 0.6) is 0 Å². The van der Waals surface area contributed by atoms with Crippen molar-refractivity contribution >= 4 is 52.0 Å². The Morgan fingerprint density at radius 2 is 1.85 bits per heavy atom. The fourth-order valence-electron chi connectivity index (χ4n) is 2.02. The molecule has 6 heteroatoms. The Hall–Kier alpha value is -0.840. The average molecular weight is 333 g/mol. The van der Waals surface area contributed by atoms with Gasteiger partial charge in [-0.05, 0) is 37.5 Å². The number of halogens is 2. The van der Waals surface area contributed by atoms with E-state index in [4.69, 9.17) is 41.2 Å². The van der Waals surface area contributed by atoms with E-state index >= 15 is 0 Å². The summed E-state index contributed by atoms with van der Waals surface area (Å²) < 4.78 is 0. The van der Waals surface area contributed by atoms with Crippen molar-refractivity contribution in [2.75, 3.05) is 5.32 Å². The number of nitrogens with one attached hydrogen (secondary N) is 1. The summed E-state index contributed by atoms with van der Waals surface area (Å²) in [6.45, 7) is 5.61. The van der Waals surface area contributed by atoms with Crippen LogP contribution >= 0.6 is 35.4 Å². The molecule has 0 heterocycles. The fourth-order valence-corrected chi connectivity index (χ4v) is 2.83. The Bertz CT molecular complexity index is 542. The van der Waals surface area contributed by atoms with Crippen LogP contribution in [-0.4, -0.2) is 10.9 Å². The minimum Gasteiger partial charge on any atom is -0.392 e. The molecule has 0 spiro atoms. The molecule has 0 fully saturated rings. The van der Waals surface area contributed by atoms with Gasteiger partial charge in [-0.1, -0.05) is 49.3 Å². The molecule has 0 saturated heterocycles. The van der Waals surface area contributed by atoms with Crippen molar-refractivity contribution in [1.29, 1.82) is 0 Å². The molecule has 1 aromatic carbocycles. The predicted molar refractivity (Wildman–Crippen MR) is 89.6 cm³/mol. The van der Waals surface area contributed by atoms with Gasteiger partial charge in [0.2, 0.25) is 5.91 Å². The summed E-state index contributed by atoms with van der Waals surface area (Å²) in [6.07, 6.45) is 1.06. The second-order valence-corrected chi connectivity index (χ2v) is 5.94. The summed E-state index contributed by atoms with van der Waals surface area (Å²) in [7, 11) is 0. The van der Waals surface area contributed by atoms with E-state index in [-0.39, 0.29) is 10.9 Å². The van der Waals surface area contributed by atoms with E-state index in [0.717, 1.165) is 5.56 Å². The van der Waals surface area contributed by atoms with Crippen LogP contribution in [0.4, 0.5) is 5.69 Å². The average Bonchev–Trinajstić information content (AvgIpc) is 2.37. The largest absolute Gasteiger partial charge is 0.392 e. The van der Waals surface area contributed by atoms with Crippen LogP contribution in [0.25, 0.3) is 0 Å². The molecule has 1 rings (SSSR count). The molecule has 3 nitrogen and oxygen atoms in total. The predicted octanol–water partition coefficient (Wildman–Crippen LogP) is 4.33. The lowest BCUT2D eigenvalue weighted by atomic mass is 9.81. The molecule has 110 valence electrons. The molecule has 20 heavy (non-hydrogen) atoms. The Kier molecular flexibility index (Phi) is 5.80. The normalized spacial score (nSPS) is 11.2. The quantitative estimate of drug-likeness (QED) is 0.789. The number of benzene rings is 1. The number of carbonyl (C=O) groups excluding carboxylic acids is 1. The molecular weight excluding hydrogens is 315 g/mol. The van der Waals surface area contributed by atoms with Crippen LogP contribution < -0.4 is 11.1 Å². The standard InChI is InChI=1S/C14H18Cl2N2OS/c1-4-14(5-2,12(17)20)13(19)18-11-7-9(15)8(3)6-10(11)16/h6-7H,4-5H2,1-3H3,(H2,17,20)(H,18,19). The highest BCUT2D eigenvalue weighted by Crippen LogP contribution is 2.33. The van der Waals surface area contributed by atoms with Crippen molar-refractivity contribution in [3.63, 3.8) is 0 Å². The van der Waals surface area contributed by atoms with E-state index in [9.17, 15) is 4.79 Å². The van der Waals surface area contributed by atoms with Gasteiger partial charge in [0.25, 0.3) is 0 Å².